The summed E-state index contributed by atoms with van der Waals surface area (Å²) in [7, 11) is 0. The summed E-state index contributed by atoms with van der Waals surface area (Å²) in [5.74, 6) is 0.00454. The fourth-order valence-electron chi connectivity index (χ4n) is 3.61. The highest BCUT2D eigenvalue weighted by molar-refractivity contribution is 8.00. The SMILES string of the molecule is CCCCNC(=O)C(Cc1ccccc1)N(Cc1ccccc1Cl)C(=O)CSc1ccccc1. The molecule has 3 aromatic rings. The second kappa shape index (κ2) is 13.8. The molecule has 4 nitrogen and oxygen atoms in total. The van der Waals surface area contributed by atoms with Crippen LogP contribution in [0.4, 0.5) is 0 Å². The van der Waals surface area contributed by atoms with Crippen molar-refractivity contribution in [3.05, 3.63) is 101 Å². The average molecular weight is 495 g/mol. The highest BCUT2D eigenvalue weighted by Crippen LogP contribution is 2.23. The molecule has 0 aliphatic rings. The van der Waals surface area contributed by atoms with E-state index in [4.69, 9.17) is 11.6 Å². The Balaban J connectivity index is 1.89. The molecule has 3 aromatic carbocycles. The van der Waals surface area contributed by atoms with E-state index in [1.807, 2.05) is 84.9 Å². The van der Waals surface area contributed by atoms with Crippen molar-refractivity contribution in [2.75, 3.05) is 12.3 Å². The van der Waals surface area contributed by atoms with Crippen molar-refractivity contribution in [1.29, 1.82) is 0 Å². The van der Waals surface area contributed by atoms with Crippen LogP contribution in [-0.4, -0.2) is 35.1 Å². The highest BCUT2D eigenvalue weighted by atomic mass is 35.5. The van der Waals surface area contributed by atoms with E-state index in [0.717, 1.165) is 28.9 Å². The first-order valence-electron chi connectivity index (χ1n) is 11.6. The lowest BCUT2D eigenvalue weighted by Gasteiger charge is -2.32. The van der Waals surface area contributed by atoms with Gasteiger partial charge in [0.2, 0.25) is 11.8 Å². The van der Waals surface area contributed by atoms with Gasteiger partial charge in [0.05, 0.1) is 5.75 Å². The van der Waals surface area contributed by atoms with Gasteiger partial charge in [-0.2, -0.15) is 0 Å². The zero-order valence-corrected chi connectivity index (χ0v) is 21.0. The maximum absolute atomic E-state index is 13.6. The number of rotatable bonds is 12. The molecule has 1 N–H and O–H groups in total. The van der Waals surface area contributed by atoms with E-state index in [9.17, 15) is 9.59 Å². The molecular formula is C28H31ClN2O2S. The van der Waals surface area contributed by atoms with Crippen LogP contribution in [0.2, 0.25) is 5.02 Å². The molecule has 1 unspecified atom stereocenters. The van der Waals surface area contributed by atoms with Gasteiger partial charge in [-0.3, -0.25) is 9.59 Å². The molecule has 34 heavy (non-hydrogen) atoms. The first-order valence-corrected chi connectivity index (χ1v) is 13.0. The summed E-state index contributed by atoms with van der Waals surface area (Å²) in [5.41, 5.74) is 1.83. The van der Waals surface area contributed by atoms with Crippen LogP contribution in [-0.2, 0) is 22.6 Å². The highest BCUT2D eigenvalue weighted by Gasteiger charge is 2.30. The van der Waals surface area contributed by atoms with Crippen LogP contribution in [0.3, 0.4) is 0 Å². The third-order valence-electron chi connectivity index (χ3n) is 5.50. The van der Waals surface area contributed by atoms with Gasteiger partial charge in [0.1, 0.15) is 6.04 Å². The second-order valence-electron chi connectivity index (χ2n) is 8.06. The normalized spacial score (nSPS) is 11.6. The Morgan fingerprint density at radius 2 is 1.59 bits per heavy atom. The Morgan fingerprint density at radius 1 is 0.941 bits per heavy atom. The molecule has 2 amide bonds. The van der Waals surface area contributed by atoms with E-state index in [-0.39, 0.29) is 24.1 Å². The fourth-order valence-corrected chi connectivity index (χ4v) is 4.62. The lowest BCUT2D eigenvalue weighted by Crippen LogP contribution is -2.51. The number of thioether (sulfide) groups is 1. The molecule has 0 saturated heterocycles. The van der Waals surface area contributed by atoms with Crippen LogP contribution in [0.15, 0.2) is 89.8 Å². The first-order chi connectivity index (χ1) is 16.6. The lowest BCUT2D eigenvalue weighted by atomic mass is 10.0. The smallest absolute Gasteiger partial charge is 0.243 e. The summed E-state index contributed by atoms with van der Waals surface area (Å²) in [4.78, 5) is 29.7. The van der Waals surface area contributed by atoms with E-state index >= 15 is 0 Å². The van der Waals surface area contributed by atoms with E-state index in [1.54, 1.807) is 4.90 Å². The minimum absolute atomic E-state index is 0.0969. The van der Waals surface area contributed by atoms with Gasteiger partial charge in [-0.1, -0.05) is 91.7 Å². The molecular weight excluding hydrogens is 464 g/mol. The monoisotopic (exact) mass is 494 g/mol. The second-order valence-corrected chi connectivity index (χ2v) is 9.52. The number of hydrogen-bond donors (Lipinski definition) is 1. The van der Waals surface area contributed by atoms with E-state index in [0.29, 0.717) is 18.0 Å². The number of amides is 2. The van der Waals surface area contributed by atoms with Crippen molar-refractivity contribution in [1.82, 2.24) is 10.2 Å². The Kier molecular flexibility index (Phi) is 10.5. The number of halogens is 1. The van der Waals surface area contributed by atoms with E-state index < -0.39 is 6.04 Å². The number of hydrogen-bond acceptors (Lipinski definition) is 3. The summed E-state index contributed by atoms with van der Waals surface area (Å²) >= 11 is 7.92. The van der Waals surface area contributed by atoms with Crippen LogP contribution >= 0.6 is 23.4 Å². The van der Waals surface area contributed by atoms with Crippen LogP contribution < -0.4 is 5.32 Å². The molecule has 0 radical (unpaired) electrons. The minimum atomic E-state index is -0.639. The Labute approximate surface area is 211 Å². The summed E-state index contributed by atoms with van der Waals surface area (Å²) in [6.45, 7) is 2.95. The van der Waals surface area contributed by atoms with Crippen molar-refractivity contribution in [3.8, 4) is 0 Å². The van der Waals surface area contributed by atoms with Gasteiger partial charge in [-0.25, -0.2) is 0 Å². The van der Waals surface area contributed by atoms with Gasteiger partial charge >= 0.3 is 0 Å². The number of benzene rings is 3. The molecule has 0 fully saturated rings. The quantitative estimate of drug-likeness (QED) is 0.248. The van der Waals surface area contributed by atoms with Gasteiger partial charge in [-0.05, 0) is 35.7 Å². The molecule has 178 valence electrons. The fraction of sp³-hybridized carbons (Fsp3) is 0.286. The molecule has 0 aliphatic carbocycles. The number of unbranched alkanes of at least 4 members (excludes halogenated alkanes) is 1. The number of nitrogens with zero attached hydrogens (tertiary/aromatic N) is 1. The maximum Gasteiger partial charge on any atom is 0.243 e. The summed E-state index contributed by atoms with van der Waals surface area (Å²) in [6, 6.07) is 26.5. The predicted octanol–water partition coefficient (Wildman–Crippen LogP) is 5.99. The Hall–Kier alpha value is -2.76. The summed E-state index contributed by atoms with van der Waals surface area (Å²) in [6.07, 6.45) is 2.32. The van der Waals surface area contributed by atoms with Gasteiger partial charge in [0.15, 0.2) is 0 Å². The van der Waals surface area contributed by atoms with Crippen molar-refractivity contribution in [2.24, 2.45) is 0 Å². The molecule has 0 bridgehead atoms. The largest absolute Gasteiger partial charge is 0.354 e. The molecule has 0 aromatic heterocycles. The zero-order valence-electron chi connectivity index (χ0n) is 19.5. The predicted molar refractivity (Wildman–Crippen MR) is 141 cm³/mol. The van der Waals surface area contributed by atoms with Crippen LogP contribution in [0.5, 0.6) is 0 Å². The van der Waals surface area contributed by atoms with Crippen LogP contribution in [0.25, 0.3) is 0 Å². The topological polar surface area (TPSA) is 49.4 Å². The van der Waals surface area contributed by atoms with E-state index in [2.05, 4.69) is 12.2 Å². The average Bonchev–Trinajstić information content (AvgIpc) is 2.87. The number of carbonyl (C=O) groups is 2. The molecule has 0 heterocycles. The Morgan fingerprint density at radius 3 is 2.26 bits per heavy atom. The number of nitrogens with one attached hydrogen (secondary N) is 1. The first kappa shape index (κ1) is 25.9. The van der Waals surface area contributed by atoms with Crippen LogP contribution in [0, 0.1) is 0 Å². The Bertz CT molecular complexity index is 1050. The molecule has 6 heteroatoms. The molecule has 0 spiro atoms. The summed E-state index contributed by atoms with van der Waals surface area (Å²) in [5, 5.41) is 3.62. The van der Waals surface area contributed by atoms with Gasteiger partial charge in [-0.15, -0.1) is 11.8 Å². The van der Waals surface area contributed by atoms with Crippen molar-refractivity contribution in [2.45, 2.75) is 43.7 Å². The van der Waals surface area contributed by atoms with Gasteiger partial charge in [0.25, 0.3) is 0 Å². The molecule has 0 aliphatic heterocycles. The van der Waals surface area contributed by atoms with Crippen molar-refractivity contribution < 1.29 is 9.59 Å². The minimum Gasteiger partial charge on any atom is -0.354 e. The van der Waals surface area contributed by atoms with Crippen molar-refractivity contribution in [3.63, 3.8) is 0 Å². The van der Waals surface area contributed by atoms with Gasteiger partial charge < -0.3 is 10.2 Å². The molecule has 1 atom stereocenters. The third kappa shape index (κ3) is 7.93. The standard InChI is InChI=1S/C28H31ClN2O2S/c1-2-3-18-30-28(33)26(19-22-12-6-4-7-13-22)31(20-23-14-10-11-17-25(23)29)27(32)21-34-24-15-8-5-9-16-24/h4-17,26H,2-3,18-21H2,1H3,(H,30,33). The maximum atomic E-state index is 13.6. The zero-order chi connectivity index (χ0) is 24.2. The van der Waals surface area contributed by atoms with E-state index in [1.165, 1.54) is 11.8 Å². The number of carbonyl (C=O) groups excluding carboxylic acids is 2. The molecule has 3 rings (SSSR count). The summed E-state index contributed by atoms with van der Waals surface area (Å²) < 4.78 is 0. The lowest BCUT2D eigenvalue weighted by molar-refractivity contribution is -0.139. The molecule has 0 saturated carbocycles. The third-order valence-corrected chi connectivity index (χ3v) is 6.87. The van der Waals surface area contributed by atoms with Crippen molar-refractivity contribution >= 4 is 35.2 Å². The van der Waals surface area contributed by atoms with Crippen LogP contribution in [0.1, 0.15) is 30.9 Å². The van der Waals surface area contributed by atoms with Gasteiger partial charge in [0, 0.05) is 29.4 Å².